The largest absolute Gasteiger partial charge is 0.461 e. The van der Waals surface area contributed by atoms with Gasteiger partial charge in [0.05, 0.1) is 12.3 Å². The summed E-state index contributed by atoms with van der Waals surface area (Å²) < 4.78 is 5.07. The van der Waals surface area contributed by atoms with Gasteiger partial charge >= 0.3 is 5.97 Å². The SMILES string of the molecule is CC(C)OC(=O)[C@H](CCC(=O)C=N)NC(=O)[C@@H](O)Cc1ccccc1. The van der Waals surface area contributed by atoms with Crippen molar-refractivity contribution in [3.8, 4) is 0 Å². The quantitative estimate of drug-likeness (QED) is 0.431. The van der Waals surface area contributed by atoms with E-state index >= 15 is 0 Å². The van der Waals surface area contributed by atoms with Gasteiger partial charge in [-0.05, 0) is 25.8 Å². The van der Waals surface area contributed by atoms with Crippen LogP contribution in [0.3, 0.4) is 0 Å². The van der Waals surface area contributed by atoms with E-state index in [-0.39, 0.29) is 25.4 Å². The number of ether oxygens (including phenoxy) is 1. The molecule has 0 saturated heterocycles. The summed E-state index contributed by atoms with van der Waals surface area (Å²) in [5, 5.41) is 19.4. The second-order valence-electron chi connectivity index (χ2n) is 5.90. The zero-order valence-corrected chi connectivity index (χ0v) is 14.4. The molecule has 0 saturated carbocycles. The Morgan fingerprint density at radius 3 is 2.44 bits per heavy atom. The Balaban J connectivity index is 2.69. The minimum Gasteiger partial charge on any atom is -0.461 e. The molecule has 3 N–H and O–H groups in total. The number of esters is 1. The molecular weight excluding hydrogens is 324 g/mol. The van der Waals surface area contributed by atoms with E-state index in [1.165, 1.54) is 0 Å². The lowest BCUT2D eigenvalue weighted by Gasteiger charge is -2.20. The minimum absolute atomic E-state index is 0.00354. The molecule has 0 bridgehead atoms. The van der Waals surface area contributed by atoms with Crippen molar-refractivity contribution in [3.05, 3.63) is 35.9 Å². The molecule has 7 heteroatoms. The summed E-state index contributed by atoms with van der Waals surface area (Å²) in [6.45, 7) is 3.34. The molecule has 1 amide bonds. The summed E-state index contributed by atoms with van der Waals surface area (Å²) in [5.41, 5.74) is 0.783. The fourth-order valence-electron chi connectivity index (χ4n) is 2.12. The van der Waals surface area contributed by atoms with Crippen LogP contribution in [-0.4, -0.2) is 47.2 Å². The van der Waals surface area contributed by atoms with E-state index in [1.807, 2.05) is 6.07 Å². The Bertz CT molecular complexity index is 601. The van der Waals surface area contributed by atoms with Gasteiger partial charge in [-0.3, -0.25) is 9.59 Å². The van der Waals surface area contributed by atoms with E-state index < -0.39 is 29.8 Å². The molecule has 1 rings (SSSR count). The molecule has 7 nitrogen and oxygen atoms in total. The molecule has 0 fully saturated rings. The number of rotatable bonds is 10. The van der Waals surface area contributed by atoms with Crippen molar-refractivity contribution in [2.45, 2.75) is 51.4 Å². The summed E-state index contributed by atoms with van der Waals surface area (Å²) in [6, 6.07) is 7.93. The Kier molecular flexibility index (Phi) is 8.49. The average molecular weight is 348 g/mol. The van der Waals surface area contributed by atoms with Gasteiger partial charge < -0.3 is 20.6 Å². The van der Waals surface area contributed by atoms with E-state index in [2.05, 4.69) is 5.32 Å². The van der Waals surface area contributed by atoms with Crippen LogP contribution in [0.5, 0.6) is 0 Å². The standard InChI is InChI=1S/C18H24N2O5/c1-12(2)25-18(24)15(9-8-14(21)11-19)20-17(23)16(22)10-13-6-4-3-5-7-13/h3-7,11-12,15-16,19,22H,8-10H2,1-2H3,(H,20,23)/t15-,16-/m0/s1. The summed E-state index contributed by atoms with van der Waals surface area (Å²) in [5.74, 6) is -1.84. The highest BCUT2D eigenvalue weighted by molar-refractivity contribution is 6.26. The number of ketones is 1. The maximum Gasteiger partial charge on any atom is 0.328 e. The summed E-state index contributed by atoms with van der Waals surface area (Å²) >= 11 is 0. The number of hydrogen-bond donors (Lipinski definition) is 3. The van der Waals surface area contributed by atoms with Gasteiger partial charge in [0, 0.05) is 12.8 Å². The molecule has 0 aliphatic carbocycles. The number of aliphatic hydroxyl groups excluding tert-OH is 1. The zero-order chi connectivity index (χ0) is 18.8. The average Bonchev–Trinajstić information content (AvgIpc) is 2.58. The zero-order valence-electron chi connectivity index (χ0n) is 14.4. The molecule has 0 heterocycles. The van der Waals surface area contributed by atoms with Crippen LogP contribution in [0.4, 0.5) is 0 Å². The van der Waals surface area contributed by atoms with Crippen LogP contribution >= 0.6 is 0 Å². The highest BCUT2D eigenvalue weighted by Crippen LogP contribution is 2.07. The summed E-state index contributed by atoms with van der Waals surface area (Å²) in [4.78, 5) is 35.5. The number of carbonyl (C=O) groups excluding carboxylic acids is 3. The minimum atomic E-state index is -1.32. The number of Topliss-reactive ketones (excluding diaryl/α,β-unsaturated/α-hetero) is 1. The number of carbonyl (C=O) groups is 3. The van der Waals surface area contributed by atoms with Gasteiger partial charge in [-0.1, -0.05) is 30.3 Å². The van der Waals surface area contributed by atoms with Crippen LogP contribution in [0.2, 0.25) is 0 Å². The first kappa shape index (κ1) is 20.5. The van der Waals surface area contributed by atoms with Crippen LogP contribution in [0.1, 0.15) is 32.3 Å². The van der Waals surface area contributed by atoms with E-state index in [4.69, 9.17) is 10.1 Å². The summed E-state index contributed by atoms with van der Waals surface area (Å²) in [6.07, 6.45) is -0.996. The van der Waals surface area contributed by atoms with Crippen molar-refractivity contribution in [1.29, 1.82) is 5.41 Å². The predicted molar refractivity (Wildman–Crippen MR) is 92.3 cm³/mol. The number of hydrogen-bond acceptors (Lipinski definition) is 6. The third-order valence-electron chi connectivity index (χ3n) is 3.37. The topological polar surface area (TPSA) is 117 Å². The van der Waals surface area contributed by atoms with Crippen LogP contribution in [-0.2, 0) is 25.5 Å². The van der Waals surface area contributed by atoms with Crippen molar-refractivity contribution < 1.29 is 24.2 Å². The van der Waals surface area contributed by atoms with Gasteiger partial charge in [0.2, 0.25) is 5.91 Å². The maximum absolute atomic E-state index is 12.2. The second-order valence-corrected chi connectivity index (χ2v) is 5.90. The third kappa shape index (κ3) is 7.71. The second kappa shape index (κ2) is 10.4. The van der Waals surface area contributed by atoms with Crippen LogP contribution < -0.4 is 5.32 Å². The van der Waals surface area contributed by atoms with E-state index in [9.17, 15) is 19.5 Å². The molecule has 0 aliphatic rings. The van der Waals surface area contributed by atoms with Gasteiger partial charge in [0.1, 0.15) is 12.1 Å². The third-order valence-corrected chi connectivity index (χ3v) is 3.37. The van der Waals surface area contributed by atoms with Crippen LogP contribution in [0.25, 0.3) is 0 Å². The fraction of sp³-hybridized carbons (Fsp3) is 0.444. The molecule has 0 aliphatic heterocycles. The van der Waals surface area contributed by atoms with Gasteiger partial charge in [-0.15, -0.1) is 0 Å². The highest BCUT2D eigenvalue weighted by atomic mass is 16.5. The number of amides is 1. The van der Waals surface area contributed by atoms with Crippen molar-refractivity contribution in [2.75, 3.05) is 0 Å². The van der Waals surface area contributed by atoms with Crippen molar-refractivity contribution >= 4 is 23.9 Å². The lowest BCUT2D eigenvalue weighted by Crippen LogP contribution is -2.47. The molecule has 0 aromatic heterocycles. The molecule has 0 spiro atoms. The van der Waals surface area contributed by atoms with Crippen LogP contribution in [0.15, 0.2) is 30.3 Å². The molecule has 0 unspecified atom stereocenters. The predicted octanol–water partition coefficient (Wildman–Crippen LogP) is 1.03. The fourth-order valence-corrected chi connectivity index (χ4v) is 2.12. The van der Waals surface area contributed by atoms with E-state index in [0.717, 1.165) is 5.56 Å². The molecule has 136 valence electrons. The molecule has 0 radical (unpaired) electrons. The smallest absolute Gasteiger partial charge is 0.328 e. The number of aliphatic hydroxyl groups is 1. The first-order valence-electron chi connectivity index (χ1n) is 8.09. The molecule has 1 aromatic rings. The first-order valence-corrected chi connectivity index (χ1v) is 8.09. The molecular formula is C18H24N2O5. The lowest BCUT2D eigenvalue weighted by atomic mass is 10.1. The first-order chi connectivity index (χ1) is 11.8. The normalized spacial score (nSPS) is 13.0. The highest BCUT2D eigenvalue weighted by Gasteiger charge is 2.26. The van der Waals surface area contributed by atoms with Crippen molar-refractivity contribution in [2.24, 2.45) is 0 Å². The van der Waals surface area contributed by atoms with Gasteiger partial charge in [0.15, 0.2) is 5.78 Å². The van der Waals surface area contributed by atoms with E-state index in [1.54, 1.807) is 38.1 Å². The lowest BCUT2D eigenvalue weighted by molar-refractivity contribution is -0.152. The Morgan fingerprint density at radius 2 is 1.88 bits per heavy atom. The Morgan fingerprint density at radius 1 is 1.24 bits per heavy atom. The van der Waals surface area contributed by atoms with Crippen molar-refractivity contribution in [3.63, 3.8) is 0 Å². The Hall–Kier alpha value is -2.54. The maximum atomic E-state index is 12.2. The van der Waals surface area contributed by atoms with Gasteiger partial charge in [-0.25, -0.2) is 4.79 Å². The molecule has 2 atom stereocenters. The van der Waals surface area contributed by atoms with Gasteiger partial charge in [0.25, 0.3) is 0 Å². The number of nitrogens with one attached hydrogen (secondary N) is 2. The molecule has 1 aromatic carbocycles. The monoisotopic (exact) mass is 348 g/mol. The van der Waals surface area contributed by atoms with Crippen molar-refractivity contribution in [1.82, 2.24) is 5.32 Å². The molecule has 25 heavy (non-hydrogen) atoms. The number of benzene rings is 1. The van der Waals surface area contributed by atoms with Crippen LogP contribution in [0, 0.1) is 5.41 Å². The Labute approximate surface area is 146 Å². The van der Waals surface area contributed by atoms with E-state index in [0.29, 0.717) is 6.21 Å². The summed E-state index contributed by atoms with van der Waals surface area (Å²) in [7, 11) is 0. The van der Waals surface area contributed by atoms with Gasteiger partial charge in [-0.2, -0.15) is 0 Å².